The molecule has 1 N–H and O–H groups in total. The Kier molecular flexibility index (Phi) is 6.52. The third-order valence-corrected chi connectivity index (χ3v) is 10.9. The van der Waals surface area contributed by atoms with Crippen LogP contribution in [0, 0.1) is 28.6 Å². The zero-order valence-corrected chi connectivity index (χ0v) is 22.5. The molecule has 5 heteroatoms. The van der Waals surface area contributed by atoms with E-state index in [2.05, 4.69) is 19.9 Å². The summed E-state index contributed by atoms with van der Waals surface area (Å²) in [4.78, 5) is 12.9. The monoisotopic (exact) mass is 500 g/mol. The number of hydrogen-bond donors (Lipinski definition) is 1. The topological polar surface area (TPSA) is 55.8 Å². The van der Waals surface area contributed by atoms with Gasteiger partial charge in [-0.1, -0.05) is 49.2 Å². The van der Waals surface area contributed by atoms with Crippen molar-refractivity contribution in [2.45, 2.75) is 97.1 Å². The first-order valence-electron chi connectivity index (χ1n) is 13.5. The molecule has 4 aliphatic rings. The van der Waals surface area contributed by atoms with Crippen LogP contribution < -0.4 is 0 Å². The van der Waals surface area contributed by atoms with Gasteiger partial charge in [-0.05, 0) is 93.2 Å². The minimum atomic E-state index is -1.12. The fourth-order valence-corrected chi connectivity index (χ4v) is 8.83. The van der Waals surface area contributed by atoms with E-state index in [0.717, 1.165) is 44.1 Å². The lowest BCUT2D eigenvalue weighted by Gasteiger charge is -2.60. The number of halogens is 1. The Morgan fingerprint density at radius 2 is 1.77 bits per heavy atom. The molecule has 0 aliphatic heterocycles. The molecular weight excluding hydrogens is 460 g/mol. The minimum absolute atomic E-state index is 0.0885. The Morgan fingerprint density at radius 1 is 1.06 bits per heavy atom. The van der Waals surface area contributed by atoms with Crippen LogP contribution in [0.1, 0.15) is 84.6 Å². The van der Waals surface area contributed by atoms with Crippen molar-refractivity contribution in [3.63, 3.8) is 0 Å². The quantitative estimate of drug-likeness (QED) is 0.342. The molecule has 0 radical (unpaired) electrons. The molecule has 3 unspecified atom stereocenters. The average Bonchev–Trinajstić information content (AvgIpc) is 3.13. The number of rotatable bonds is 6. The van der Waals surface area contributed by atoms with Gasteiger partial charge in [0.2, 0.25) is 0 Å². The summed E-state index contributed by atoms with van der Waals surface area (Å²) < 4.78 is 12.4. The normalized spacial score (nSPS) is 42.6. The lowest BCUT2D eigenvalue weighted by Crippen LogP contribution is -2.58. The summed E-state index contributed by atoms with van der Waals surface area (Å²) in [5.41, 5.74) is 1.77. The first kappa shape index (κ1) is 25.4. The predicted molar refractivity (Wildman–Crippen MR) is 138 cm³/mol. The molecule has 0 spiro atoms. The van der Waals surface area contributed by atoms with Gasteiger partial charge in [0.05, 0.1) is 6.61 Å². The van der Waals surface area contributed by atoms with Gasteiger partial charge in [-0.3, -0.25) is 4.79 Å². The van der Waals surface area contributed by atoms with Crippen molar-refractivity contribution in [3.8, 4) is 0 Å². The molecule has 1 aromatic rings. The van der Waals surface area contributed by atoms with Crippen LogP contribution >= 0.6 is 11.6 Å². The van der Waals surface area contributed by atoms with Gasteiger partial charge in [0.1, 0.15) is 5.60 Å². The lowest BCUT2D eigenvalue weighted by atomic mass is 9.46. The maximum atomic E-state index is 12.9. The number of hydrogen-bond acceptors (Lipinski definition) is 4. The number of fused-ring (bicyclic) bond motifs is 5. The highest BCUT2D eigenvalue weighted by Gasteiger charge is 2.66. The smallest absolute Gasteiger partial charge is 0.169 e. The maximum absolute atomic E-state index is 12.9. The van der Waals surface area contributed by atoms with Crippen molar-refractivity contribution < 1.29 is 19.4 Å². The number of carbonyl (C=O) groups is 1. The van der Waals surface area contributed by atoms with Gasteiger partial charge in [-0.25, -0.2) is 0 Å². The second-order valence-electron chi connectivity index (χ2n) is 12.1. The van der Waals surface area contributed by atoms with Gasteiger partial charge < -0.3 is 14.6 Å². The standard InChI is InChI=1S/C30H41ClO4/c1-5-34-30(20(2)32)15-13-26-24-11-8-22-18-29(33,35-19-21-6-9-23(31)10-7-21)17-16-27(22,3)25(24)12-14-28(26,30)4/h6-10,24-26,33H,5,11-19H2,1-4H3/t24?,25?,26?,27-,28-,29-,30+/m0/s1. The first-order valence-corrected chi connectivity index (χ1v) is 13.9. The van der Waals surface area contributed by atoms with E-state index >= 15 is 0 Å². The summed E-state index contributed by atoms with van der Waals surface area (Å²) in [6.45, 7) is 9.49. The number of allylic oxidation sites excluding steroid dienone is 1. The molecule has 0 saturated heterocycles. The number of ketones is 1. The molecule has 0 aromatic heterocycles. The van der Waals surface area contributed by atoms with Crippen molar-refractivity contribution in [2.24, 2.45) is 28.6 Å². The van der Waals surface area contributed by atoms with Crippen molar-refractivity contribution in [3.05, 3.63) is 46.5 Å². The Morgan fingerprint density at radius 3 is 2.46 bits per heavy atom. The van der Waals surface area contributed by atoms with Crippen LogP contribution in [0.4, 0.5) is 0 Å². The summed E-state index contributed by atoms with van der Waals surface area (Å²) >= 11 is 6.00. The highest BCUT2D eigenvalue weighted by atomic mass is 35.5. The fraction of sp³-hybridized carbons (Fsp3) is 0.700. The van der Waals surface area contributed by atoms with E-state index < -0.39 is 11.4 Å². The summed E-state index contributed by atoms with van der Waals surface area (Å²) in [6, 6.07) is 7.62. The predicted octanol–water partition coefficient (Wildman–Crippen LogP) is 6.87. The fourth-order valence-electron chi connectivity index (χ4n) is 8.70. The molecule has 192 valence electrons. The van der Waals surface area contributed by atoms with Gasteiger partial charge in [0.25, 0.3) is 0 Å². The Labute approximate surface area is 215 Å². The minimum Gasteiger partial charge on any atom is -0.367 e. The van der Waals surface area contributed by atoms with E-state index in [0.29, 0.717) is 48.8 Å². The van der Waals surface area contributed by atoms with Crippen molar-refractivity contribution >= 4 is 17.4 Å². The Bertz CT molecular complexity index is 1000. The van der Waals surface area contributed by atoms with Crippen LogP contribution in [0.2, 0.25) is 5.02 Å². The van der Waals surface area contributed by atoms with Gasteiger partial charge in [-0.15, -0.1) is 0 Å². The molecule has 4 aliphatic carbocycles. The van der Waals surface area contributed by atoms with Gasteiger partial charge in [-0.2, -0.15) is 0 Å². The van der Waals surface area contributed by atoms with Gasteiger partial charge in [0.15, 0.2) is 11.6 Å². The molecule has 7 atom stereocenters. The maximum Gasteiger partial charge on any atom is 0.169 e. The molecule has 0 bridgehead atoms. The van der Waals surface area contributed by atoms with Crippen molar-refractivity contribution in [1.29, 1.82) is 0 Å². The van der Waals surface area contributed by atoms with Crippen LogP contribution in [-0.2, 0) is 20.9 Å². The number of benzene rings is 1. The van der Waals surface area contributed by atoms with Crippen LogP contribution in [0.3, 0.4) is 0 Å². The first-order chi connectivity index (χ1) is 16.6. The molecule has 3 fully saturated rings. The SMILES string of the molecule is CCO[C@@]1(C(C)=O)CCC2C3CC=C4C[C@@](O)(OCc5ccc(Cl)cc5)CC[C@]4(C)C3CC[C@@]21C. The van der Waals surface area contributed by atoms with E-state index in [1.54, 1.807) is 6.92 Å². The summed E-state index contributed by atoms with van der Waals surface area (Å²) in [6.07, 6.45) is 9.70. The van der Waals surface area contributed by atoms with E-state index in [-0.39, 0.29) is 16.6 Å². The third-order valence-electron chi connectivity index (χ3n) is 10.6. The molecule has 1 aromatic carbocycles. The largest absolute Gasteiger partial charge is 0.367 e. The van der Waals surface area contributed by atoms with E-state index in [9.17, 15) is 9.90 Å². The summed E-state index contributed by atoms with van der Waals surface area (Å²) in [7, 11) is 0. The second-order valence-corrected chi connectivity index (χ2v) is 12.5. The zero-order valence-electron chi connectivity index (χ0n) is 21.7. The Hall–Kier alpha value is -1.20. The number of Topliss-reactive ketones (excluding diaryl/α,β-unsaturated/α-hetero) is 1. The van der Waals surface area contributed by atoms with Crippen LogP contribution in [0.25, 0.3) is 0 Å². The van der Waals surface area contributed by atoms with Crippen LogP contribution in [0.5, 0.6) is 0 Å². The Balaban J connectivity index is 1.35. The average molecular weight is 501 g/mol. The molecule has 4 nitrogen and oxygen atoms in total. The van der Waals surface area contributed by atoms with E-state index in [4.69, 9.17) is 21.1 Å². The number of ether oxygens (including phenoxy) is 2. The summed E-state index contributed by atoms with van der Waals surface area (Å²) in [5, 5.41) is 12.1. The van der Waals surface area contributed by atoms with E-state index in [1.807, 2.05) is 31.2 Å². The second kappa shape index (κ2) is 8.97. The van der Waals surface area contributed by atoms with Crippen molar-refractivity contribution in [2.75, 3.05) is 6.61 Å². The molecule has 3 saturated carbocycles. The third kappa shape index (κ3) is 3.95. The molecule has 0 amide bonds. The molecule has 5 rings (SSSR count). The van der Waals surface area contributed by atoms with E-state index in [1.165, 1.54) is 5.57 Å². The highest BCUT2D eigenvalue weighted by Crippen LogP contribution is 2.68. The lowest BCUT2D eigenvalue weighted by molar-refractivity contribution is -0.232. The highest BCUT2D eigenvalue weighted by molar-refractivity contribution is 6.30. The molecular formula is C30H41ClO4. The number of aliphatic hydroxyl groups is 1. The molecule has 0 heterocycles. The zero-order chi connectivity index (χ0) is 25.1. The van der Waals surface area contributed by atoms with Crippen molar-refractivity contribution in [1.82, 2.24) is 0 Å². The van der Waals surface area contributed by atoms with Gasteiger partial charge in [0, 0.05) is 29.9 Å². The van der Waals surface area contributed by atoms with Gasteiger partial charge >= 0.3 is 0 Å². The summed E-state index contributed by atoms with van der Waals surface area (Å²) in [5.74, 6) is 0.763. The van der Waals surface area contributed by atoms with Crippen LogP contribution in [0.15, 0.2) is 35.9 Å². The van der Waals surface area contributed by atoms with Crippen LogP contribution in [-0.4, -0.2) is 28.9 Å². The number of carbonyl (C=O) groups excluding carboxylic acids is 1. The molecule has 35 heavy (non-hydrogen) atoms.